The lowest BCUT2D eigenvalue weighted by Crippen LogP contribution is -2.41. The van der Waals surface area contributed by atoms with Crippen LogP contribution in [0.5, 0.6) is 0 Å². The quantitative estimate of drug-likeness (QED) is 0.261. The molecule has 0 radical (unpaired) electrons. The van der Waals surface area contributed by atoms with Crippen LogP contribution < -0.4 is 10.2 Å². The molecule has 1 aliphatic heterocycles. The maximum atomic E-state index is 13.9. The first kappa shape index (κ1) is 26.7. The number of rotatable bonds is 2. The number of alkyl halides is 3. The van der Waals surface area contributed by atoms with Crippen molar-refractivity contribution >= 4 is 28.7 Å². The number of hydrogen-bond donors (Lipinski definition) is 1. The van der Waals surface area contributed by atoms with E-state index < -0.39 is 40.7 Å². The third-order valence-electron chi connectivity index (χ3n) is 8.07. The Labute approximate surface area is 235 Å². The van der Waals surface area contributed by atoms with E-state index in [1.165, 1.54) is 12.1 Å². The first-order chi connectivity index (χ1) is 19.4. The van der Waals surface area contributed by atoms with E-state index in [1.807, 2.05) is 38.1 Å². The van der Waals surface area contributed by atoms with Crippen molar-refractivity contribution in [2.75, 3.05) is 10.2 Å². The number of ketones is 3. The third-order valence-corrected chi connectivity index (χ3v) is 8.07. The fraction of sp³-hybridized carbons (Fsp3) is 0.242. The molecule has 6 rings (SSSR count). The van der Waals surface area contributed by atoms with Crippen molar-refractivity contribution in [3.05, 3.63) is 118 Å². The van der Waals surface area contributed by atoms with Crippen molar-refractivity contribution in [1.29, 1.82) is 0 Å². The van der Waals surface area contributed by atoms with Crippen LogP contribution in [0.25, 0.3) is 0 Å². The molecule has 2 atom stereocenters. The standard InChI is InChI=1S/C33H27F3N2O3/c1-18(27-30(40)21-8-4-5-9-22(21)31(27)41)38-25-11-7-6-10-23(25)37-24-16-32(2,3)17-26(39)28(24)29(38)19-12-14-20(15-13-19)33(34,35)36/h4-16,28-29,37H,17H2,1-3H3/t28-,29-/m1/s1. The second-order valence-electron chi connectivity index (χ2n) is 11.5. The summed E-state index contributed by atoms with van der Waals surface area (Å²) in [5.41, 5.74) is 2.00. The fourth-order valence-electron chi connectivity index (χ4n) is 6.30. The summed E-state index contributed by atoms with van der Waals surface area (Å²) in [6, 6.07) is 17.8. The van der Waals surface area contributed by atoms with Gasteiger partial charge in [0, 0.05) is 28.9 Å². The lowest BCUT2D eigenvalue weighted by atomic mass is 9.72. The van der Waals surface area contributed by atoms with E-state index >= 15 is 0 Å². The third kappa shape index (κ3) is 4.38. The van der Waals surface area contributed by atoms with E-state index in [0.717, 1.165) is 12.1 Å². The van der Waals surface area contributed by atoms with Crippen LogP contribution in [0.1, 0.15) is 65.1 Å². The van der Waals surface area contributed by atoms with Crippen LogP contribution in [0, 0.1) is 11.3 Å². The van der Waals surface area contributed by atoms with Crippen molar-refractivity contribution in [2.45, 2.75) is 39.4 Å². The second kappa shape index (κ2) is 9.29. The van der Waals surface area contributed by atoms with Crippen LogP contribution in [-0.2, 0) is 11.0 Å². The number of benzene rings is 3. The van der Waals surface area contributed by atoms with Gasteiger partial charge in [0.15, 0.2) is 11.6 Å². The van der Waals surface area contributed by atoms with Crippen molar-refractivity contribution in [3.8, 4) is 0 Å². The number of anilines is 2. The molecule has 0 amide bonds. The van der Waals surface area contributed by atoms with Gasteiger partial charge in [-0.1, -0.05) is 68.5 Å². The number of allylic oxidation sites excluding steroid dienone is 3. The summed E-state index contributed by atoms with van der Waals surface area (Å²) in [5.74, 6) is -1.73. The Morgan fingerprint density at radius 3 is 2.07 bits per heavy atom. The maximum Gasteiger partial charge on any atom is 0.416 e. The number of nitrogens with one attached hydrogen (secondary N) is 1. The average Bonchev–Trinajstić information content (AvgIpc) is 3.07. The van der Waals surface area contributed by atoms with E-state index in [2.05, 4.69) is 5.32 Å². The highest BCUT2D eigenvalue weighted by atomic mass is 19.4. The summed E-state index contributed by atoms with van der Waals surface area (Å²) >= 11 is 0. The molecule has 208 valence electrons. The topological polar surface area (TPSA) is 66.5 Å². The SMILES string of the molecule is CC(=C1C(=O)c2ccccc2C1=O)N1c2ccccc2NC2=CC(C)(C)CC(=O)[C@@H]2[C@H]1c1ccc(C(F)(F)F)cc1. The molecular formula is C33H27F3N2O3. The zero-order valence-electron chi connectivity index (χ0n) is 22.7. The van der Waals surface area contributed by atoms with E-state index in [0.29, 0.717) is 39.5 Å². The van der Waals surface area contributed by atoms with Crippen LogP contribution >= 0.6 is 0 Å². The van der Waals surface area contributed by atoms with Crippen molar-refractivity contribution in [2.24, 2.45) is 11.3 Å². The summed E-state index contributed by atoms with van der Waals surface area (Å²) < 4.78 is 40.5. The lowest BCUT2D eigenvalue weighted by molar-refractivity contribution is -0.137. The monoisotopic (exact) mass is 556 g/mol. The second-order valence-corrected chi connectivity index (χ2v) is 11.5. The Balaban J connectivity index is 1.63. The van der Waals surface area contributed by atoms with Gasteiger partial charge in [-0.2, -0.15) is 13.2 Å². The molecule has 5 nitrogen and oxygen atoms in total. The van der Waals surface area contributed by atoms with Gasteiger partial charge in [-0.25, -0.2) is 0 Å². The first-order valence-electron chi connectivity index (χ1n) is 13.3. The van der Waals surface area contributed by atoms with Crippen LogP contribution in [0.4, 0.5) is 24.5 Å². The molecule has 0 saturated carbocycles. The number of carbonyl (C=O) groups excluding carboxylic acids is 3. The van der Waals surface area contributed by atoms with Gasteiger partial charge in [-0.3, -0.25) is 14.4 Å². The highest BCUT2D eigenvalue weighted by molar-refractivity contribution is 6.40. The molecule has 0 saturated heterocycles. The molecule has 3 aromatic carbocycles. The minimum atomic E-state index is -4.53. The molecule has 0 aromatic heterocycles. The molecule has 0 spiro atoms. The number of nitrogens with zero attached hydrogens (tertiary/aromatic N) is 1. The molecule has 3 aromatic rings. The number of fused-ring (bicyclic) bond motifs is 3. The number of Topliss-reactive ketones (excluding diaryl/α,β-unsaturated/α-hetero) is 3. The fourth-order valence-corrected chi connectivity index (χ4v) is 6.30. The molecule has 1 heterocycles. The van der Waals surface area contributed by atoms with Crippen molar-refractivity contribution in [3.63, 3.8) is 0 Å². The Hall–Kier alpha value is -4.46. The van der Waals surface area contributed by atoms with Gasteiger partial charge in [-0.15, -0.1) is 0 Å². The van der Waals surface area contributed by atoms with Gasteiger partial charge in [0.05, 0.1) is 34.5 Å². The zero-order chi connectivity index (χ0) is 29.3. The Morgan fingerprint density at radius 1 is 0.878 bits per heavy atom. The maximum absolute atomic E-state index is 13.9. The smallest absolute Gasteiger partial charge is 0.357 e. The predicted octanol–water partition coefficient (Wildman–Crippen LogP) is 7.53. The first-order valence-corrected chi connectivity index (χ1v) is 13.3. The minimum absolute atomic E-state index is 0.0195. The number of hydrogen-bond acceptors (Lipinski definition) is 5. The highest BCUT2D eigenvalue weighted by Crippen LogP contribution is 2.50. The average molecular weight is 557 g/mol. The highest BCUT2D eigenvalue weighted by Gasteiger charge is 2.47. The minimum Gasteiger partial charge on any atom is -0.357 e. The van der Waals surface area contributed by atoms with E-state index in [1.54, 1.807) is 42.2 Å². The molecule has 0 fully saturated rings. The molecule has 8 heteroatoms. The molecule has 1 N–H and O–H groups in total. The summed E-state index contributed by atoms with van der Waals surface area (Å²) in [4.78, 5) is 42.9. The Kier molecular flexibility index (Phi) is 6.06. The number of halogens is 3. The molecular weight excluding hydrogens is 529 g/mol. The lowest BCUT2D eigenvalue weighted by Gasteiger charge is -2.41. The van der Waals surface area contributed by atoms with Crippen LogP contribution in [-0.4, -0.2) is 17.3 Å². The van der Waals surface area contributed by atoms with Crippen LogP contribution in [0.3, 0.4) is 0 Å². The summed E-state index contributed by atoms with van der Waals surface area (Å²) in [6.45, 7) is 5.58. The van der Waals surface area contributed by atoms with Gasteiger partial charge < -0.3 is 10.2 Å². The van der Waals surface area contributed by atoms with Gasteiger partial charge in [0.2, 0.25) is 0 Å². The summed E-state index contributed by atoms with van der Waals surface area (Å²) in [6.07, 6.45) is -2.30. The molecule has 2 aliphatic carbocycles. The van der Waals surface area contributed by atoms with Gasteiger partial charge >= 0.3 is 6.18 Å². The molecule has 41 heavy (non-hydrogen) atoms. The van der Waals surface area contributed by atoms with Crippen LogP contribution in [0.2, 0.25) is 0 Å². The van der Waals surface area contributed by atoms with Gasteiger partial charge in [0.1, 0.15) is 5.78 Å². The van der Waals surface area contributed by atoms with Crippen molar-refractivity contribution < 1.29 is 27.6 Å². The van der Waals surface area contributed by atoms with Crippen molar-refractivity contribution in [1.82, 2.24) is 0 Å². The number of para-hydroxylation sites is 2. The van der Waals surface area contributed by atoms with E-state index in [-0.39, 0.29) is 17.8 Å². The number of carbonyl (C=O) groups is 3. The summed E-state index contributed by atoms with van der Waals surface area (Å²) in [5, 5.41) is 3.42. The normalized spacial score (nSPS) is 21.4. The van der Waals surface area contributed by atoms with Gasteiger partial charge in [0.25, 0.3) is 0 Å². The molecule has 0 bridgehead atoms. The molecule has 0 unspecified atom stereocenters. The van der Waals surface area contributed by atoms with E-state index in [9.17, 15) is 27.6 Å². The Morgan fingerprint density at radius 2 is 1.46 bits per heavy atom. The summed E-state index contributed by atoms with van der Waals surface area (Å²) in [7, 11) is 0. The molecule has 3 aliphatic rings. The van der Waals surface area contributed by atoms with Gasteiger partial charge in [-0.05, 0) is 42.2 Å². The van der Waals surface area contributed by atoms with E-state index in [4.69, 9.17) is 0 Å². The Bertz CT molecular complexity index is 1650. The zero-order valence-corrected chi connectivity index (χ0v) is 22.7. The van der Waals surface area contributed by atoms with Crippen LogP contribution in [0.15, 0.2) is 95.8 Å². The largest absolute Gasteiger partial charge is 0.416 e. The predicted molar refractivity (Wildman–Crippen MR) is 150 cm³/mol.